The summed E-state index contributed by atoms with van der Waals surface area (Å²) in [7, 11) is 0. The van der Waals surface area contributed by atoms with Gasteiger partial charge in [0.05, 0.1) is 12.1 Å². The standard InChI is InChI=1S/C21H18Cl2N4O2/c1-13-12-24-8-7-19(13)27(14(2)28)20-10-15(6-9-25-20)26-21(29)11-16-17(22)4-3-5-18(16)23/h3-10,12H,11H2,1-2H3,(H,25,26,29). The molecule has 0 aliphatic rings. The van der Waals surface area contributed by atoms with E-state index in [1.807, 2.05) is 6.92 Å². The van der Waals surface area contributed by atoms with Gasteiger partial charge in [-0.05, 0) is 42.3 Å². The highest BCUT2D eigenvalue weighted by molar-refractivity contribution is 6.36. The number of carbonyl (C=O) groups excluding carboxylic acids is 2. The van der Waals surface area contributed by atoms with Crippen LogP contribution in [0.15, 0.2) is 55.0 Å². The van der Waals surface area contributed by atoms with Gasteiger partial charge in [-0.3, -0.25) is 19.5 Å². The lowest BCUT2D eigenvalue weighted by atomic mass is 10.1. The Labute approximate surface area is 178 Å². The summed E-state index contributed by atoms with van der Waals surface area (Å²) >= 11 is 12.3. The van der Waals surface area contributed by atoms with Gasteiger partial charge in [-0.1, -0.05) is 29.3 Å². The number of nitrogens with one attached hydrogen (secondary N) is 1. The SMILES string of the molecule is CC(=O)N(c1cc(NC(=O)Cc2c(Cl)cccc2Cl)ccn1)c1ccncc1C. The topological polar surface area (TPSA) is 75.2 Å². The lowest BCUT2D eigenvalue weighted by molar-refractivity contribution is -0.116. The van der Waals surface area contributed by atoms with Gasteiger partial charge in [0.2, 0.25) is 11.8 Å². The maximum atomic E-state index is 12.5. The largest absolute Gasteiger partial charge is 0.326 e. The molecular weight excluding hydrogens is 411 g/mol. The molecule has 0 atom stereocenters. The zero-order valence-electron chi connectivity index (χ0n) is 15.8. The Bertz CT molecular complexity index is 1050. The van der Waals surface area contributed by atoms with E-state index in [1.54, 1.807) is 48.8 Å². The Kier molecular flexibility index (Phi) is 6.46. The molecule has 1 N–H and O–H groups in total. The van der Waals surface area contributed by atoms with Gasteiger partial charge in [0.15, 0.2) is 0 Å². The fourth-order valence-electron chi connectivity index (χ4n) is 2.86. The molecule has 3 rings (SSSR count). The van der Waals surface area contributed by atoms with Crippen LogP contribution in [0.2, 0.25) is 10.0 Å². The number of amides is 2. The van der Waals surface area contributed by atoms with Crippen LogP contribution in [0.4, 0.5) is 17.2 Å². The molecule has 1 aromatic carbocycles. The maximum Gasteiger partial charge on any atom is 0.229 e. The summed E-state index contributed by atoms with van der Waals surface area (Å²) < 4.78 is 0. The van der Waals surface area contributed by atoms with E-state index in [1.165, 1.54) is 18.0 Å². The van der Waals surface area contributed by atoms with Gasteiger partial charge in [0, 0.05) is 47.3 Å². The van der Waals surface area contributed by atoms with Crippen molar-refractivity contribution >= 4 is 52.2 Å². The Hall–Kier alpha value is -2.96. The molecule has 3 aromatic rings. The fraction of sp³-hybridized carbons (Fsp3) is 0.143. The quantitative estimate of drug-likeness (QED) is 0.622. The summed E-state index contributed by atoms with van der Waals surface area (Å²) in [5.41, 5.74) is 2.56. The smallest absolute Gasteiger partial charge is 0.229 e. The second-order valence-corrected chi connectivity index (χ2v) is 7.16. The van der Waals surface area contributed by atoms with Crippen LogP contribution in [0.3, 0.4) is 0 Å². The number of hydrogen-bond donors (Lipinski definition) is 1. The Balaban J connectivity index is 1.84. The number of nitrogens with zero attached hydrogens (tertiary/aromatic N) is 3. The van der Waals surface area contributed by atoms with E-state index >= 15 is 0 Å². The first-order chi connectivity index (χ1) is 13.9. The van der Waals surface area contributed by atoms with E-state index in [0.717, 1.165) is 5.56 Å². The van der Waals surface area contributed by atoms with E-state index in [0.29, 0.717) is 32.8 Å². The summed E-state index contributed by atoms with van der Waals surface area (Å²) in [4.78, 5) is 34.6. The van der Waals surface area contributed by atoms with Crippen LogP contribution >= 0.6 is 23.2 Å². The van der Waals surface area contributed by atoms with Gasteiger partial charge < -0.3 is 5.32 Å². The molecule has 0 bridgehead atoms. The number of halogens is 2. The Morgan fingerprint density at radius 2 is 1.83 bits per heavy atom. The molecule has 0 spiro atoms. The van der Waals surface area contributed by atoms with Crippen LogP contribution in [0, 0.1) is 6.92 Å². The number of anilines is 3. The van der Waals surface area contributed by atoms with Crippen LogP contribution in [0.25, 0.3) is 0 Å². The van der Waals surface area contributed by atoms with Crippen LogP contribution in [-0.4, -0.2) is 21.8 Å². The van der Waals surface area contributed by atoms with Crippen molar-refractivity contribution in [2.75, 3.05) is 10.2 Å². The van der Waals surface area contributed by atoms with Crippen molar-refractivity contribution in [3.8, 4) is 0 Å². The highest BCUT2D eigenvalue weighted by Crippen LogP contribution is 2.29. The van der Waals surface area contributed by atoms with Crippen molar-refractivity contribution in [2.45, 2.75) is 20.3 Å². The van der Waals surface area contributed by atoms with Gasteiger partial charge >= 0.3 is 0 Å². The number of pyridine rings is 2. The molecule has 2 aromatic heterocycles. The molecule has 0 radical (unpaired) electrons. The number of benzene rings is 1. The van der Waals surface area contributed by atoms with E-state index in [9.17, 15) is 9.59 Å². The Morgan fingerprint density at radius 1 is 1.10 bits per heavy atom. The highest BCUT2D eigenvalue weighted by Gasteiger charge is 2.18. The normalized spacial score (nSPS) is 10.5. The van der Waals surface area contributed by atoms with Gasteiger partial charge in [-0.2, -0.15) is 0 Å². The number of aromatic nitrogens is 2. The van der Waals surface area contributed by atoms with Gasteiger partial charge in [0.25, 0.3) is 0 Å². The van der Waals surface area contributed by atoms with Crippen molar-refractivity contribution in [1.29, 1.82) is 0 Å². The minimum absolute atomic E-state index is 0.0239. The highest BCUT2D eigenvalue weighted by atomic mass is 35.5. The predicted molar refractivity (Wildman–Crippen MR) is 115 cm³/mol. The molecule has 29 heavy (non-hydrogen) atoms. The number of carbonyl (C=O) groups is 2. The van der Waals surface area contributed by atoms with E-state index in [4.69, 9.17) is 23.2 Å². The number of rotatable bonds is 5. The summed E-state index contributed by atoms with van der Waals surface area (Å²) in [5, 5.41) is 3.66. The average Bonchev–Trinajstić information content (AvgIpc) is 2.67. The van der Waals surface area contributed by atoms with E-state index in [-0.39, 0.29) is 18.2 Å². The molecule has 148 valence electrons. The molecular formula is C21H18Cl2N4O2. The summed E-state index contributed by atoms with van der Waals surface area (Å²) in [5.74, 6) is -0.106. The summed E-state index contributed by atoms with van der Waals surface area (Å²) in [6.45, 7) is 3.31. The van der Waals surface area contributed by atoms with Crippen molar-refractivity contribution in [1.82, 2.24) is 9.97 Å². The van der Waals surface area contributed by atoms with E-state index < -0.39 is 0 Å². The number of hydrogen-bond acceptors (Lipinski definition) is 4. The first-order valence-electron chi connectivity index (χ1n) is 8.77. The zero-order valence-corrected chi connectivity index (χ0v) is 17.3. The second-order valence-electron chi connectivity index (χ2n) is 6.34. The molecule has 2 amide bonds. The minimum atomic E-state index is -0.286. The lowest BCUT2D eigenvalue weighted by Gasteiger charge is -2.22. The summed E-state index contributed by atoms with van der Waals surface area (Å²) in [6.07, 6.45) is 4.83. The first-order valence-corrected chi connectivity index (χ1v) is 9.52. The Morgan fingerprint density at radius 3 is 2.48 bits per heavy atom. The molecule has 0 aliphatic heterocycles. The zero-order chi connectivity index (χ0) is 21.0. The van der Waals surface area contributed by atoms with E-state index in [2.05, 4.69) is 15.3 Å². The lowest BCUT2D eigenvalue weighted by Crippen LogP contribution is -2.25. The average molecular weight is 429 g/mol. The van der Waals surface area contributed by atoms with Gasteiger partial charge in [0.1, 0.15) is 5.82 Å². The minimum Gasteiger partial charge on any atom is -0.326 e. The molecule has 0 unspecified atom stereocenters. The van der Waals surface area contributed by atoms with Crippen molar-refractivity contribution < 1.29 is 9.59 Å². The number of aryl methyl sites for hydroxylation is 1. The molecule has 8 heteroatoms. The first kappa shape index (κ1) is 20.8. The predicted octanol–water partition coefficient (Wildman–Crippen LogP) is 4.96. The third kappa shape index (κ3) is 4.91. The molecule has 0 saturated carbocycles. The van der Waals surface area contributed by atoms with Crippen molar-refractivity contribution in [3.05, 3.63) is 76.2 Å². The third-order valence-electron chi connectivity index (χ3n) is 4.20. The molecule has 0 fully saturated rings. The van der Waals surface area contributed by atoms with Gasteiger partial charge in [-0.25, -0.2) is 4.98 Å². The van der Waals surface area contributed by atoms with Crippen LogP contribution in [0.5, 0.6) is 0 Å². The van der Waals surface area contributed by atoms with Crippen molar-refractivity contribution in [3.63, 3.8) is 0 Å². The molecule has 2 heterocycles. The second kappa shape index (κ2) is 9.03. The van der Waals surface area contributed by atoms with Crippen LogP contribution in [-0.2, 0) is 16.0 Å². The van der Waals surface area contributed by atoms with Crippen LogP contribution < -0.4 is 10.2 Å². The third-order valence-corrected chi connectivity index (χ3v) is 4.91. The fourth-order valence-corrected chi connectivity index (χ4v) is 3.39. The van der Waals surface area contributed by atoms with Gasteiger partial charge in [-0.15, -0.1) is 0 Å². The monoisotopic (exact) mass is 428 g/mol. The molecule has 6 nitrogen and oxygen atoms in total. The van der Waals surface area contributed by atoms with Crippen molar-refractivity contribution in [2.24, 2.45) is 0 Å². The summed E-state index contributed by atoms with van der Waals surface area (Å²) in [6, 6.07) is 10.1. The molecule has 0 aliphatic carbocycles. The molecule has 0 saturated heterocycles. The van der Waals surface area contributed by atoms with Crippen LogP contribution in [0.1, 0.15) is 18.1 Å². The maximum absolute atomic E-state index is 12.5.